The molecule has 0 aliphatic carbocycles. The zero-order valence-corrected chi connectivity index (χ0v) is 17.5. The number of fused-ring (bicyclic) bond motifs is 1. The third kappa shape index (κ3) is 3.00. The minimum Gasteiger partial charge on any atom is -0.318 e. The molecule has 1 aromatic carbocycles. The highest BCUT2D eigenvalue weighted by Gasteiger charge is 2.34. The van der Waals surface area contributed by atoms with Crippen LogP contribution >= 0.6 is 27.7 Å². The molecule has 1 aromatic heterocycles. The Morgan fingerprint density at radius 1 is 1.22 bits per heavy atom. The number of allylic oxidation sites excluding steroid dienone is 1. The molecule has 7 heteroatoms. The number of amidine groups is 2. The van der Waals surface area contributed by atoms with Crippen LogP contribution < -0.4 is 0 Å². The van der Waals surface area contributed by atoms with Crippen molar-refractivity contribution < 1.29 is 4.79 Å². The van der Waals surface area contributed by atoms with Gasteiger partial charge in [0.15, 0.2) is 5.17 Å². The highest BCUT2D eigenvalue weighted by Crippen LogP contribution is 2.32. The quantitative estimate of drug-likeness (QED) is 0.666. The van der Waals surface area contributed by atoms with E-state index in [9.17, 15) is 4.79 Å². The number of amides is 1. The smallest absolute Gasteiger partial charge is 0.283 e. The Labute approximate surface area is 170 Å². The summed E-state index contributed by atoms with van der Waals surface area (Å²) in [5.41, 5.74) is 5.24. The second kappa shape index (κ2) is 6.65. The summed E-state index contributed by atoms with van der Waals surface area (Å²) in [6.45, 7) is 5.96. The SMILES string of the molecule is CC1=CSC2=NC(=O)C(=Cc3cc(C)n(-c4cccc(Br)c4)c3C)C(=N)N12. The topological polar surface area (TPSA) is 61.5 Å². The third-order valence-corrected chi connectivity index (χ3v) is 6.06. The Morgan fingerprint density at radius 2 is 2.00 bits per heavy atom. The number of thioether (sulfide) groups is 1. The maximum Gasteiger partial charge on any atom is 0.283 e. The fourth-order valence-electron chi connectivity index (χ4n) is 3.34. The van der Waals surface area contributed by atoms with Gasteiger partial charge in [-0.25, -0.2) is 0 Å². The number of nitrogens with zero attached hydrogens (tertiary/aromatic N) is 3. The summed E-state index contributed by atoms with van der Waals surface area (Å²) in [4.78, 5) is 18.4. The maximum absolute atomic E-state index is 12.5. The summed E-state index contributed by atoms with van der Waals surface area (Å²) in [6.07, 6.45) is 1.78. The van der Waals surface area contributed by atoms with Crippen LogP contribution in [0.15, 0.2) is 56.5 Å². The zero-order chi connectivity index (χ0) is 19.3. The van der Waals surface area contributed by atoms with Crippen LogP contribution in [0.25, 0.3) is 11.8 Å². The van der Waals surface area contributed by atoms with Gasteiger partial charge in [-0.3, -0.25) is 15.1 Å². The van der Waals surface area contributed by atoms with Gasteiger partial charge in [0.05, 0.1) is 5.57 Å². The molecule has 0 bridgehead atoms. The van der Waals surface area contributed by atoms with E-state index < -0.39 is 0 Å². The second-order valence-electron chi connectivity index (χ2n) is 6.46. The summed E-state index contributed by atoms with van der Waals surface area (Å²) >= 11 is 4.89. The van der Waals surface area contributed by atoms with Gasteiger partial charge >= 0.3 is 0 Å². The van der Waals surface area contributed by atoms with E-state index in [0.717, 1.165) is 32.8 Å². The molecule has 4 rings (SSSR count). The van der Waals surface area contributed by atoms with Gasteiger partial charge in [0, 0.05) is 27.2 Å². The number of carbonyl (C=O) groups excluding carboxylic acids is 1. The molecule has 27 heavy (non-hydrogen) atoms. The van der Waals surface area contributed by atoms with Crippen LogP contribution in [-0.4, -0.2) is 26.4 Å². The number of aromatic nitrogens is 1. The van der Waals surface area contributed by atoms with E-state index in [1.54, 1.807) is 11.0 Å². The van der Waals surface area contributed by atoms with Gasteiger partial charge in [-0.05, 0) is 62.1 Å². The fraction of sp³-hybridized carbons (Fsp3) is 0.150. The van der Waals surface area contributed by atoms with Crippen LogP contribution in [0.2, 0.25) is 0 Å². The second-order valence-corrected chi connectivity index (χ2v) is 8.21. The summed E-state index contributed by atoms with van der Waals surface area (Å²) in [5, 5.41) is 11.0. The molecule has 2 aliphatic heterocycles. The van der Waals surface area contributed by atoms with Crippen molar-refractivity contribution >= 4 is 50.7 Å². The molecule has 1 N–H and O–H groups in total. The number of carbonyl (C=O) groups is 1. The van der Waals surface area contributed by atoms with E-state index in [1.165, 1.54) is 11.8 Å². The molecule has 2 aromatic rings. The van der Waals surface area contributed by atoms with Crippen LogP contribution in [0.5, 0.6) is 0 Å². The average molecular weight is 441 g/mol. The lowest BCUT2D eigenvalue weighted by Gasteiger charge is -2.25. The minimum absolute atomic E-state index is 0.177. The first-order valence-electron chi connectivity index (χ1n) is 8.39. The molecule has 0 unspecified atom stereocenters. The zero-order valence-electron chi connectivity index (χ0n) is 15.1. The lowest BCUT2D eigenvalue weighted by atomic mass is 10.1. The summed E-state index contributed by atoms with van der Waals surface area (Å²) in [7, 11) is 0. The van der Waals surface area contributed by atoms with E-state index in [4.69, 9.17) is 5.41 Å². The van der Waals surface area contributed by atoms with E-state index in [-0.39, 0.29) is 11.7 Å². The van der Waals surface area contributed by atoms with Crippen molar-refractivity contribution in [3.8, 4) is 5.69 Å². The van der Waals surface area contributed by atoms with Crippen LogP contribution in [0.1, 0.15) is 23.9 Å². The van der Waals surface area contributed by atoms with Gasteiger partial charge in [0.25, 0.3) is 5.91 Å². The highest BCUT2D eigenvalue weighted by atomic mass is 79.9. The molecule has 136 valence electrons. The highest BCUT2D eigenvalue weighted by molar-refractivity contribution is 9.10. The predicted molar refractivity (Wildman–Crippen MR) is 114 cm³/mol. The molecule has 5 nitrogen and oxygen atoms in total. The van der Waals surface area contributed by atoms with E-state index >= 15 is 0 Å². The molecule has 0 saturated carbocycles. The van der Waals surface area contributed by atoms with Gasteiger partial charge in [0.1, 0.15) is 5.84 Å². The Hall–Kier alpha value is -2.38. The molecule has 2 aliphatic rings. The molecule has 3 heterocycles. The molecular formula is C20H17BrN4OS. The van der Waals surface area contributed by atoms with Crippen LogP contribution in [0, 0.1) is 19.3 Å². The van der Waals surface area contributed by atoms with Crippen molar-refractivity contribution in [2.24, 2.45) is 4.99 Å². The number of halogens is 1. The summed E-state index contributed by atoms with van der Waals surface area (Å²) < 4.78 is 3.15. The van der Waals surface area contributed by atoms with E-state index in [2.05, 4.69) is 31.6 Å². The van der Waals surface area contributed by atoms with Crippen LogP contribution in [0.3, 0.4) is 0 Å². The van der Waals surface area contributed by atoms with Crippen molar-refractivity contribution in [3.05, 3.63) is 68.4 Å². The van der Waals surface area contributed by atoms with Crippen molar-refractivity contribution in [3.63, 3.8) is 0 Å². The molecule has 0 fully saturated rings. The first-order valence-corrected chi connectivity index (χ1v) is 10.1. The van der Waals surface area contributed by atoms with Crippen molar-refractivity contribution in [2.75, 3.05) is 0 Å². The minimum atomic E-state index is -0.367. The Morgan fingerprint density at radius 3 is 2.74 bits per heavy atom. The van der Waals surface area contributed by atoms with Gasteiger partial charge in [-0.1, -0.05) is 33.8 Å². The van der Waals surface area contributed by atoms with Crippen LogP contribution in [0.4, 0.5) is 0 Å². The third-order valence-electron chi connectivity index (χ3n) is 4.62. The van der Waals surface area contributed by atoms with Gasteiger partial charge in [-0.2, -0.15) is 4.99 Å². The standard InChI is InChI=1S/C20H17BrN4OS/c1-11-7-14(13(3)24(11)16-6-4-5-15(21)9-16)8-17-18(22)25-12(2)10-27-20(25)23-19(17)26/h4-10,22H,1-3H3. The number of nitrogens with one attached hydrogen (secondary N) is 1. The first-order chi connectivity index (χ1) is 12.9. The normalized spacial score (nSPS) is 18.1. The fourth-order valence-corrected chi connectivity index (χ4v) is 4.59. The van der Waals surface area contributed by atoms with Gasteiger partial charge in [0.2, 0.25) is 0 Å². The number of benzene rings is 1. The number of aryl methyl sites for hydroxylation is 1. The largest absolute Gasteiger partial charge is 0.318 e. The Bertz CT molecular complexity index is 1090. The van der Waals surface area contributed by atoms with Crippen molar-refractivity contribution in [1.82, 2.24) is 9.47 Å². The van der Waals surface area contributed by atoms with E-state index in [0.29, 0.717) is 10.7 Å². The van der Waals surface area contributed by atoms with Gasteiger partial charge < -0.3 is 4.57 Å². The predicted octanol–water partition coefficient (Wildman–Crippen LogP) is 5.02. The monoisotopic (exact) mass is 440 g/mol. The number of hydrogen-bond donors (Lipinski definition) is 1. The van der Waals surface area contributed by atoms with Gasteiger partial charge in [-0.15, -0.1) is 0 Å². The molecule has 0 atom stereocenters. The van der Waals surface area contributed by atoms with Crippen molar-refractivity contribution in [1.29, 1.82) is 5.41 Å². The number of hydrogen-bond acceptors (Lipinski definition) is 3. The summed E-state index contributed by atoms with van der Waals surface area (Å²) in [5.74, 6) is -0.190. The maximum atomic E-state index is 12.5. The molecule has 1 amide bonds. The Balaban J connectivity index is 1.79. The molecular weight excluding hydrogens is 424 g/mol. The molecule has 0 spiro atoms. The first kappa shape index (κ1) is 18.0. The van der Waals surface area contributed by atoms with E-state index in [1.807, 2.05) is 50.4 Å². The van der Waals surface area contributed by atoms with Crippen LogP contribution in [-0.2, 0) is 4.79 Å². The lowest BCUT2D eigenvalue weighted by molar-refractivity contribution is -0.114. The molecule has 0 radical (unpaired) electrons. The average Bonchev–Trinajstić information content (AvgIpc) is 3.11. The Kier molecular flexibility index (Phi) is 4.44. The number of rotatable bonds is 2. The van der Waals surface area contributed by atoms with Crippen molar-refractivity contribution in [2.45, 2.75) is 20.8 Å². The summed E-state index contributed by atoms with van der Waals surface area (Å²) in [6, 6.07) is 10.1. The molecule has 0 saturated heterocycles. The lowest BCUT2D eigenvalue weighted by Crippen LogP contribution is -2.37. The number of aliphatic imine (C=N–C) groups is 1.